The predicted octanol–water partition coefficient (Wildman–Crippen LogP) is 3.29. The molecule has 3 N–H and O–H groups in total. The van der Waals surface area contributed by atoms with E-state index in [2.05, 4.69) is 19.2 Å². The van der Waals surface area contributed by atoms with E-state index in [0.717, 1.165) is 24.9 Å². The van der Waals surface area contributed by atoms with Gasteiger partial charge in [0.1, 0.15) is 0 Å². The van der Waals surface area contributed by atoms with Crippen LogP contribution < -0.4 is 11.1 Å². The average molecular weight is 274 g/mol. The lowest BCUT2D eigenvalue weighted by molar-refractivity contribution is -0.122. The van der Waals surface area contributed by atoms with E-state index in [1.807, 2.05) is 24.3 Å². The highest BCUT2D eigenvalue weighted by atomic mass is 16.1. The molecule has 0 radical (unpaired) electrons. The molecule has 1 aliphatic carbocycles. The lowest BCUT2D eigenvalue weighted by Crippen LogP contribution is -2.39. The second-order valence-electron chi connectivity index (χ2n) is 6.75. The first-order valence-corrected chi connectivity index (χ1v) is 7.58. The van der Waals surface area contributed by atoms with E-state index in [1.54, 1.807) is 0 Å². The molecule has 0 atom stereocenters. The fraction of sp³-hybridized carbons (Fsp3) is 0.588. The molecule has 1 aromatic rings. The van der Waals surface area contributed by atoms with Crippen molar-refractivity contribution in [2.24, 2.45) is 5.41 Å². The Labute approximate surface area is 121 Å². The van der Waals surface area contributed by atoms with Gasteiger partial charge in [-0.3, -0.25) is 4.79 Å². The normalized spacial score (nSPS) is 18.7. The Kier molecular flexibility index (Phi) is 4.69. The maximum Gasteiger partial charge on any atom is 0.220 e. The summed E-state index contributed by atoms with van der Waals surface area (Å²) >= 11 is 0. The Morgan fingerprint density at radius 2 is 1.85 bits per heavy atom. The number of nitrogens with one attached hydrogen (secondary N) is 1. The van der Waals surface area contributed by atoms with Gasteiger partial charge in [-0.2, -0.15) is 0 Å². The summed E-state index contributed by atoms with van der Waals surface area (Å²) in [4.78, 5) is 12.0. The van der Waals surface area contributed by atoms with E-state index in [0.29, 0.717) is 17.9 Å². The molecule has 0 unspecified atom stereocenters. The summed E-state index contributed by atoms with van der Waals surface area (Å²) in [5, 5.41) is 3.17. The Bertz CT molecular complexity index is 441. The first-order valence-electron chi connectivity index (χ1n) is 7.58. The number of anilines is 1. The maximum absolute atomic E-state index is 12.0. The van der Waals surface area contributed by atoms with Crippen LogP contribution in [-0.4, -0.2) is 11.9 Å². The number of nitrogens with two attached hydrogens (primary N) is 1. The molecular formula is C17H26N2O. The highest BCUT2D eigenvalue weighted by Crippen LogP contribution is 2.34. The molecule has 0 aliphatic heterocycles. The summed E-state index contributed by atoms with van der Waals surface area (Å²) in [5.41, 5.74) is 8.03. The third kappa shape index (κ3) is 4.55. The van der Waals surface area contributed by atoms with Crippen molar-refractivity contribution in [2.75, 3.05) is 5.73 Å². The maximum atomic E-state index is 12.0. The third-order valence-electron chi connectivity index (χ3n) is 4.32. The van der Waals surface area contributed by atoms with E-state index in [-0.39, 0.29) is 5.91 Å². The minimum Gasteiger partial charge on any atom is -0.399 e. The Hall–Kier alpha value is -1.51. The summed E-state index contributed by atoms with van der Waals surface area (Å²) in [5.74, 6) is 0.173. The van der Waals surface area contributed by atoms with Crippen molar-refractivity contribution in [2.45, 2.75) is 58.4 Å². The van der Waals surface area contributed by atoms with E-state index < -0.39 is 0 Å². The number of rotatable bonds is 4. The SMILES string of the molecule is CC1(C)CCC(NC(=O)CCc2ccc(N)cc2)CC1. The molecule has 1 amide bonds. The van der Waals surface area contributed by atoms with Gasteiger partial charge in [0.25, 0.3) is 0 Å². The van der Waals surface area contributed by atoms with E-state index in [4.69, 9.17) is 5.73 Å². The highest BCUT2D eigenvalue weighted by molar-refractivity contribution is 5.76. The first-order chi connectivity index (χ1) is 9.44. The van der Waals surface area contributed by atoms with Gasteiger partial charge < -0.3 is 11.1 Å². The number of carbonyl (C=O) groups excluding carboxylic acids is 1. The fourth-order valence-corrected chi connectivity index (χ4v) is 2.79. The molecule has 0 bridgehead atoms. The lowest BCUT2D eigenvalue weighted by atomic mass is 9.75. The minimum atomic E-state index is 0.173. The second kappa shape index (κ2) is 6.29. The number of amides is 1. The van der Waals surface area contributed by atoms with Gasteiger partial charge in [0.2, 0.25) is 5.91 Å². The van der Waals surface area contributed by atoms with Crippen molar-refractivity contribution in [3.05, 3.63) is 29.8 Å². The summed E-state index contributed by atoms with van der Waals surface area (Å²) in [6, 6.07) is 8.13. The molecule has 1 aromatic carbocycles. The molecule has 110 valence electrons. The molecule has 0 spiro atoms. The van der Waals surface area contributed by atoms with Gasteiger partial charge in [-0.1, -0.05) is 26.0 Å². The predicted molar refractivity (Wildman–Crippen MR) is 83.4 cm³/mol. The number of benzene rings is 1. The average Bonchev–Trinajstić information content (AvgIpc) is 2.41. The standard InChI is InChI=1S/C17H26N2O/c1-17(2)11-9-15(10-12-17)19-16(20)8-5-13-3-6-14(18)7-4-13/h3-4,6-7,15H,5,8-12,18H2,1-2H3,(H,19,20). The number of hydrogen-bond acceptors (Lipinski definition) is 2. The van der Waals surface area contributed by atoms with E-state index in [1.165, 1.54) is 18.4 Å². The molecule has 0 saturated heterocycles. The monoisotopic (exact) mass is 274 g/mol. The van der Waals surface area contributed by atoms with E-state index in [9.17, 15) is 4.79 Å². The second-order valence-corrected chi connectivity index (χ2v) is 6.75. The van der Waals surface area contributed by atoms with Crippen LogP contribution in [0.15, 0.2) is 24.3 Å². The van der Waals surface area contributed by atoms with Gasteiger partial charge in [0.05, 0.1) is 0 Å². The topological polar surface area (TPSA) is 55.1 Å². The van der Waals surface area contributed by atoms with Crippen LogP contribution in [0, 0.1) is 5.41 Å². The zero-order chi connectivity index (χ0) is 14.6. The summed E-state index contributed by atoms with van der Waals surface area (Å²) in [6.45, 7) is 4.62. The zero-order valence-electron chi connectivity index (χ0n) is 12.6. The van der Waals surface area contributed by atoms with Crippen LogP contribution in [0.1, 0.15) is 51.5 Å². The van der Waals surface area contributed by atoms with Crippen LogP contribution in [0.3, 0.4) is 0 Å². The molecule has 20 heavy (non-hydrogen) atoms. The van der Waals surface area contributed by atoms with Gasteiger partial charge in [0.15, 0.2) is 0 Å². The van der Waals surface area contributed by atoms with Crippen LogP contribution in [0.2, 0.25) is 0 Å². The van der Waals surface area contributed by atoms with Crippen LogP contribution in [0.5, 0.6) is 0 Å². The van der Waals surface area contributed by atoms with Crippen molar-refractivity contribution in [1.82, 2.24) is 5.32 Å². The van der Waals surface area contributed by atoms with Gasteiger partial charge in [-0.05, 0) is 55.2 Å². The van der Waals surface area contributed by atoms with E-state index >= 15 is 0 Å². The Morgan fingerprint density at radius 1 is 1.25 bits per heavy atom. The minimum absolute atomic E-state index is 0.173. The number of hydrogen-bond donors (Lipinski definition) is 2. The lowest BCUT2D eigenvalue weighted by Gasteiger charge is -2.34. The van der Waals surface area contributed by atoms with Crippen molar-refractivity contribution in [3.8, 4) is 0 Å². The smallest absolute Gasteiger partial charge is 0.220 e. The fourth-order valence-electron chi connectivity index (χ4n) is 2.79. The van der Waals surface area contributed by atoms with Gasteiger partial charge in [0, 0.05) is 18.2 Å². The number of aryl methyl sites for hydroxylation is 1. The summed E-state index contributed by atoms with van der Waals surface area (Å²) in [6.07, 6.45) is 5.97. The molecule has 1 saturated carbocycles. The molecular weight excluding hydrogens is 248 g/mol. The van der Waals surface area contributed by atoms with Crippen molar-refractivity contribution in [3.63, 3.8) is 0 Å². The zero-order valence-corrected chi connectivity index (χ0v) is 12.6. The van der Waals surface area contributed by atoms with Crippen molar-refractivity contribution >= 4 is 11.6 Å². The molecule has 3 heteroatoms. The van der Waals surface area contributed by atoms with Gasteiger partial charge in [-0.15, -0.1) is 0 Å². The van der Waals surface area contributed by atoms with Crippen LogP contribution >= 0.6 is 0 Å². The number of nitrogen functional groups attached to an aromatic ring is 1. The van der Waals surface area contributed by atoms with Crippen LogP contribution in [0.4, 0.5) is 5.69 Å². The third-order valence-corrected chi connectivity index (χ3v) is 4.32. The largest absolute Gasteiger partial charge is 0.399 e. The Balaban J connectivity index is 1.72. The van der Waals surface area contributed by atoms with Crippen LogP contribution in [0.25, 0.3) is 0 Å². The molecule has 0 aromatic heterocycles. The van der Waals surface area contributed by atoms with Crippen molar-refractivity contribution < 1.29 is 4.79 Å². The quantitative estimate of drug-likeness (QED) is 0.828. The summed E-state index contributed by atoms with van der Waals surface area (Å²) < 4.78 is 0. The molecule has 2 rings (SSSR count). The van der Waals surface area contributed by atoms with Crippen LogP contribution in [-0.2, 0) is 11.2 Å². The molecule has 0 heterocycles. The first kappa shape index (κ1) is 14.9. The summed E-state index contributed by atoms with van der Waals surface area (Å²) in [7, 11) is 0. The number of carbonyl (C=O) groups is 1. The van der Waals surface area contributed by atoms with Crippen molar-refractivity contribution in [1.29, 1.82) is 0 Å². The molecule has 1 fully saturated rings. The van der Waals surface area contributed by atoms with Gasteiger partial charge in [-0.25, -0.2) is 0 Å². The highest BCUT2D eigenvalue weighted by Gasteiger charge is 2.27. The van der Waals surface area contributed by atoms with Gasteiger partial charge >= 0.3 is 0 Å². The molecule has 1 aliphatic rings. The molecule has 3 nitrogen and oxygen atoms in total. The Morgan fingerprint density at radius 3 is 2.45 bits per heavy atom.